The van der Waals surface area contributed by atoms with Crippen molar-refractivity contribution in [1.82, 2.24) is 0 Å². The van der Waals surface area contributed by atoms with Gasteiger partial charge in [0.15, 0.2) is 0 Å². The number of halogens is 3. The lowest BCUT2D eigenvalue weighted by molar-refractivity contribution is -0.0327. The van der Waals surface area contributed by atoms with Gasteiger partial charge in [-0.3, -0.25) is 0 Å². The van der Waals surface area contributed by atoms with Gasteiger partial charge in [0, 0.05) is 24.5 Å². The van der Waals surface area contributed by atoms with Gasteiger partial charge >= 0.3 is 11.5 Å². The highest BCUT2D eigenvalue weighted by molar-refractivity contribution is 8.00. The molecular weight excluding hydrogens is 279 g/mol. The monoisotopic (exact) mass is 291 g/mol. The van der Waals surface area contributed by atoms with E-state index >= 15 is 0 Å². The second-order valence-corrected chi connectivity index (χ2v) is 5.34. The number of benzene rings is 1. The number of alkyl halides is 3. The van der Waals surface area contributed by atoms with Gasteiger partial charge in [-0.2, -0.15) is 13.2 Å². The molecule has 0 aliphatic carbocycles. The maximum Gasteiger partial charge on any atom is 0.441 e. The van der Waals surface area contributed by atoms with Crippen LogP contribution in [-0.2, 0) is 6.42 Å². The van der Waals surface area contributed by atoms with Crippen molar-refractivity contribution in [3.63, 3.8) is 0 Å². The van der Waals surface area contributed by atoms with Crippen molar-refractivity contribution in [2.24, 2.45) is 0 Å². The second-order valence-electron chi connectivity index (χ2n) is 4.18. The van der Waals surface area contributed by atoms with Crippen molar-refractivity contribution in [2.45, 2.75) is 11.9 Å². The first-order valence-corrected chi connectivity index (χ1v) is 6.67. The first kappa shape index (κ1) is 14.0. The molecule has 7 heteroatoms. The quantitative estimate of drug-likeness (QED) is 0.926. The molecule has 0 atom stereocenters. The molecule has 1 aliphatic rings. The molecule has 2 rings (SSSR count). The van der Waals surface area contributed by atoms with Crippen LogP contribution >= 0.6 is 11.8 Å². The molecule has 0 bridgehead atoms. The Kier molecular flexibility index (Phi) is 3.93. The fourth-order valence-corrected chi connectivity index (χ4v) is 2.65. The minimum atomic E-state index is -4.20. The third kappa shape index (κ3) is 3.56. The number of carboxylic acids is 1. The van der Waals surface area contributed by atoms with Gasteiger partial charge in [0.2, 0.25) is 0 Å². The van der Waals surface area contributed by atoms with E-state index in [1.54, 1.807) is 12.1 Å². The van der Waals surface area contributed by atoms with Gasteiger partial charge in [0.05, 0.1) is 5.56 Å². The van der Waals surface area contributed by atoms with Crippen LogP contribution in [0, 0.1) is 0 Å². The first-order chi connectivity index (χ1) is 8.87. The summed E-state index contributed by atoms with van der Waals surface area (Å²) >= 11 is -0.0327. The standard InChI is InChI=1S/C12H12F3NO2S/c13-12(14,15)19-6-5-16-4-3-8-7-9(11(17)18)1-2-10(8)16/h1-2,7H,3-6H2,(H,17,18). The Morgan fingerprint density at radius 2 is 2.16 bits per heavy atom. The summed E-state index contributed by atoms with van der Waals surface area (Å²) in [6.45, 7) is 0.945. The van der Waals surface area contributed by atoms with Crippen LogP contribution in [0.2, 0.25) is 0 Å². The molecule has 1 heterocycles. The molecule has 1 aromatic rings. The van der Waals surface area contributed by atoms with Crippen molar-refractivity contribution in [3.8, 4) is 0 Å². The van der Waals surface area contributed by atoms with Crippen LogP contribution in [0.4, 0.5) is 18.9 Å². The summed E-state index contributed by atoms with van der Waals surface area (Å²) in [6.07, 6.45) is 0.674. The zero-order valence-corrected chi connectivity index (χ0v) is 10.7. The van der Waals surface area contributed by atoms with Gasteiger partial charge in [-0.05, 0) is 41.9 Å². The number of anilines is 1. The predicted octanol–water partition coefficient (Wildman–Crippen LogP) is 3.00. The smallest absolute Gasteiger partial charge is 0.441 e. The van der Waals surface area contributed by atoms with E-state index in [4.69, 9.17) is 5.11 Å². The normalized spacial score (nSPS) is 14.6. The lowest BCUT2D eigenvalue weighted by atomic mass is 10.1. The first-order valence-electron chi connectivity index (χ1n) is 5.69. The average molecular weight is 291 g/mol. The number of thioether (sulfide) groups is 1. The Bertz CT molecular complexity index is 490. The fraction of sp³-hybridized carbons (Fsp3) is 0.417. The van der Waals surface area contributed by atoms with E-state index in [0.717, 1.165) is 11.3 Å². The van der Waals surface area contributed by atoms with Crippen molar-refractivity contribution in [2.75, 3.05) is 23.7 Å². The van der Waals surface area contributed by atoms with Crippen LogP contribution in [-0.4, -0.2) is 35.4 Å². The van der Waals surface area contributed by atoms with Gasteiger partial charge in [0.1, 0.15) is 0 Å². The molecule has 1 aromatic carbocycles. The van der Waals surface area contributed by atoms with Crippen molar-refractivity contribution < 1.29 is 23.1 Å². The maximum atomic E-state index is 12.0. The van der Waals surface area contributed by atoms with Crippen LogP contribution in [0.3, 0.4) is 0 Å². The number of aromatic carboxylic acids is 1. The summed E-state index contributed by atoms with van der Waals surface area (Å²) in [4.78, 5) is 12.7. The topological polar surface area (TPSA) is 40.5 Å². The number of carboxylic acid groups (broad SMARTS) is 1. The maximum absolute atomic E-state index is 12.0. The van der Waals surface area contributed by atoms with Crippen molar-refractivity contribution in [1.29, 1.82) is 0 Å². The number of hydrogen-bond donors (Lipinski definition) is 1. The third-order valence-electron chi connectivity index (χ3n) is 2.95. The Morgan fingerprint density at radius 3 is 2.79 bits per heavy atom. The summed E-state index contributed by atoms with van der Waals surface area (Å²) in [5.41, 5.74) is -2.26. The molecule has 0 spiro atoms. The van der Waals surface area contributed by atoms with E-state index in [-0.39, 0.29) is 23.1 Å². The van der Waals surface area contributed by atoms with Crippen molar-refractivity contribution in [3.05, 3.63) is 29.3 Å². The minimum absolute atomic E-state index is 0.0242. The molecule has 0 unspecified atom stereocenters. The van der Waals surface area contributed by atoms with Gasteiger partial charge in [-0.25, -0.2) is 4.79 Å². The minimum Gasteiger partial charge on any atom is -0.478 e. The molecule has 104 valence electrons. The Morgan fingerprint density at radius 1 is 1.42 bits per heavy atom. The lowest BCUT2D eigenvalue weighted by Gasteiger charge is -2.19. The summed E-state index contributed by atoms with van der Waals surface area (Å²) in [5, 5.41) is 8.87. The SMILES string of the molecule is O=C(O)c1ccc2c(c1)CCN2CCSC(F)(F)F. The highest BCUT2D eigenvalue weighted by Gasteiger charge is 2.28. The van der Waals surface area contributed by atoms with E-state index < -0.39 is 11.5 Å². The number of fused-ring (bicyclic) bond motifs is 1. The fourth-order valence-electron chi connectivity index (χ4n) is 2.11. The Balaban J connectivity index is 2.00. The molecule has 3 nitrogen and oxygen atoms in total. The molecule has 0 saturated carbocycles. The number of carbonyl (C=O) groups is 1. The van der Waals surface area contributed by atoms with Gasteiger partial charge < -0.3 is 10.0 Å². The van der Waals surface area contributed by atoms with E-state index in [2.05, 4.69) is 0 Å². The largest absolute Gasteiger partial charge is 0.478 e. The second kappa shape index (κ2) is 5.32. The highest BCUT2D eigenvalue weighted by atomic mass is 32.2. The molecule has 0 radical (unpaired) electrons. The molecule has 0 fully saturated rings. The summed E-state index contributed by atoms with van der Waals surface area (Å²) in [6, 6.07) is 4.75. The van der Waals surface area contributed by atoms with E-state index in [1.165, 1.54) is 6.07 Å². The summed E-state index contributed by atoms with van der Waals surface area (Å²) in [5.74, 6) is -1.02. The van der Waals surface area contributed by atoms with Crippen LogP contribution in [0.1, 0.15) is 15.9 Å². The number of rotatable bonds is 4. The van der Waals surface area contributed by atoms with E-state index in [1.807, 2.05) is 4.90 Å². The van der Waals surface area contributed by atoms with Gasteiger partial charge in [-0.1, -0.05) is 0 Å². The number of nitrogens with zero attached hydrogens (tertiary/aromatic N) is 1. The number of hydrogen-bond acceptors (Lipinski definition) is 3. The molecule has 1 N–H and O–H groups in total. The van der Waals surface area contributed by atoms with Crippen LogP contribution in [0.25, 0.3) is 0 Å². The van der Waals surface area contributed by atoms with Crippen molar-refractivity contribution >= 4 is 23.4 Å². The molecule has 0 amide bonds. The molecular formula is C12H12F3NO2S. The predicted molar refractivity (Wildman–Crippen MR) is 67.8 cm³/mol. The summed E-state index contributed by atoms with van der Waals surface area (Å²) in [7, 11) is 0. The molecule has 1 aliphatic heterocycles. The lowest BCUT2D eigenvalue weighted by Crippen LogP contribution is -2.24. The van der Waals surface area contributed by atoms with E-state index in [9.17, 15) is 18.0 Å². The Hall–Kier alpha value is -1.37. The zero-order valence-electron chi connectivity index (χ0n) is 9.91. The zero-order chi connectivity index (χ0) is 14.0. The van der Waals surface area contributed by atoms with Gasteiger partial charge in [-0.15, -0.1) is 0 Å². The highest BCUT2D eigenvalue weighted by Crippen LogP contribution is 2.32. The average Bonchev–Trinajstić information content (AvgIpc) is 2.70. The molecule has 19 heavy (non-hydrogen) atoms. The summed E-state index contributed by atoms with van der Waals surface area (Å²) < 4.78 is 36.1. The van der Waals surface area contributed by atoms with Crippen LogP contribution in [0.5, 0.6) is 0 Å². The van der Waals surface area contributed by atoms with Crippen LogP contribution < -0.4 is 4.90 Å². The van der Waals surface area contributed by atoms with Crippen LogP contribution in [0.15, 0.2) is 18.2 Å². The van der Waals surface area contributed by atoms with E-state index in [0.29, 0.717) is 19.5 Å². The van der Waals surface area contributed by atoms with Gasteiger partial charge in [0.25, 0.3) is 0 Å². The Labute approximate surface area is 112 Å². The molecule has 0 saturated heterocycles. The third-order valence-corrected chi connectivity index (χ3v) is 3.66. The molecule has 0 aromatic heterocycles.